The molecule has 2 heteroatoms. The summed E-state index contributed by atoms with van der Waals surface area (Å²) >= 11 is 0. The maximum Gasteiger partial charge on any atom is 0.0466 e. The summed E-state index contributed by atoms with van der Waals surface area (Å²) in [7, 11) is 0. The van der Waals surface area contributed by atoms with Crippen LogP contribution in [0.15, 0.2) is 0 Å². The van der Waals surface area contributed by atoms with Gasteiger partial charge in [-0.05, 0) is 26.2 Å². The Hall–Kier alpha value is -0.520. The molecule has 0 spiro atoms. The van der Waals surface area contributed by atoms with Crippen LogP contribution in [0.2, 0.25) is 0 Å². The number of terminal acetylenes is 1. The minimum absolute atomic E-state index is 0.251. The van der Waals surface area contributed by atoms with E-state index in [1.54, 1.807) is 0 Å². The summed E-state index contributed by atoms with van der Waals surface area (Å²) in [5, 5.41) is 0. The first-order valence-electron chi connectivity index (χ1n) is 4.58. The number of hydrogen-bond donors (Lipinski definition) is 1. The van der Waals surface area contributed by atoms with E-state index in [-0.39, 0.29) is 6.04 Å². The Labute approximate surface area is 75.5 Å². The Morgan fingerprint density at radius 1 is 1.50 bits per heavy atom. The molecule has 0 bridgehead atoms. The first kappa shape index (κ1) is 11.5. The van der Waals surface area contributed by atoms with Crippen LogP contribution in [0, 0.1) is 12.3 Å². The topological polar surface area (TPSA) is 35.2 Å². The molecule has 1 unspecified atom stereocenters. The Bertz CT molecular complexity index is 128. The van der Waals surface area contributed by atoms with Gasteiger partial charge in [0.05, 0.1) is 0 Å². The smallest absolute Gasteiger partial charge is 0.0466 e. The van der Waals surface area contributed by atoms with Crippen molar-refractivity contribution in [2.24, 2.45) is 5.73 Å². The third-order valence-electron chi connectivity index (χ3n) is 1.73. The normalized spacial score (nSPS) is 12.4. The average Bonchev–Trinajstić information content (AvgIpc) is 2.09. The van der Waals surface area contributed by atoms with Crippen molar-refractivity contribution in [3.05, 3.63) is 0 Å². The SMILES string of the molecule is C#CCCC(N)CCCOCC. The predicted octanol–water partition coefficient (Wildman–Crippen LogP) is 1.54. The first-order valence-corrected chi connectivity index (χ1v) is 4.58. The highest BCUT2D eigenvalue weighted by atomic mass is 16.5. The van der Waals surface area contributed by atoms with E-state index in [1.165, 1.54) is 0 Å². The van der Waals surface area contributed by atoms with Gasteiger partial charge < -0.3 is 10.5 Å². The molecule has 0 heterocycles. The van der Waals surface area contributed by atoms with Crippen LogP contribution in [0.5, 0.6) is 0 Å². The van der Waals surface area contributed by atoms with Gasteiger partial charge in [0.15, 0.2) is 0 Å². The van der Waals surface area contributed by atoms with Gasteiger partial charge >= 0.3 is 0 Å². The van der Waals surface area contributed by atoms with Crippen LogP contribution in [0.3, 0.4) is 0 Å². The highest BCUT2D eigenvalue weighted by molar-refractivity contribution is 4.84. The molecule has 70 valence electrons. The fourth-order valence-corrected chi connectivity index (χ4v) is 1.00. The van der Waals surface area contributed by atoms with E-state index in [9.17, 15) is 0 Å². The average molecular weight is 169 g/mol. The molecule has 0 aliphatic carbocycles. The third kappa shape index (κ3) is 7.59. The molecule has 0 amide bonds. The maximum absolute atomic E-state index is 5.79. The summed E-state index contributed by atoms with van der Waals surface area (Å²) in [5.74, 6) is 2.59. The summed E-state index contributed by atoms with van der Waals surface area (Å²) in [6.07, 6.45) is 8.90. The second kappa shape index (κ2) is 8.58. The Morgan fingerprint density at radius 3 is 2.83 bits per heavy atom. The number of hydrogen-bond acceptors (Lipinski definition) is 2. The van der Waals surface area contributed by atoms with E-state index >= 15 is 0 Å². The van der Waals surface area contributed by atoms with Crippen LogP contribution in [-0.2, 0) is 4.74 Å². The molecule has 0 saturated carbocycles. The molecule has 2 N–H and O–H groups in total. The molecule has 0 rings (SSSR count). The van der Waals surface area contributed by atoms with Crippen molar-refractivity contribution in [3.63, 3.8) is 0 Å². The quantitative estimate of drug-likeness (QED) is 0.463. The minimum atomic E-state index is 0.251. The summed E-state index contributed by atoms with van der Waals surface area (Å²) in [6.45, 7) is 3.61. The molecule has 0 aromatic carbocycles. The fourth-order valence-electron chi connectivity index (χ4n) is 1.00. The lowest BCUT2D eigenvalue weighted by atomic mass is 10.1. The van der Waals surface area contributed by atoms with E-state index in [4.69, 9.17) is 16.9 Å². The summed E-state index contributed by atoms with van der Waals surface area (Å²) in [6, 6.07) is 0.251. The molecule has 0 aromatic heterocycles. The zero-order valence-electron chi connectivity index (χ0n) is 7.88. The molecular weight excluding hydrogens is 150 g/mol. The van der Waals surface area contributed by atoms with Crippen LogP contribution in [0.1, 0.15) is 32.6 Å². The largest absolute Gasteiger partial charge is 0.382 e. The van der Waals surface area contributed by atoms with Crippen molar-refractivity contribution in [1.82, 2.24) is 0 Å². The molecular formula is C10H19NO. The second-order valence-corrected chi connectivity index (χ2v) is 2.84. The Kier molecular flexibility index (Phi) is 8.20. The monoisotopic (exact) mass is 169 g/mol. The third-order valence-corrected chi connectivity index (χ3v) is 1.73. The van der Waals surface area contributed by atoms with Crippen LogP contribution in [0.4, 0.5) is 0 Å². The highest BCUT2D eigenvalue weighted by Crippen LogP contribution is 2.01. The van der Waals surface area contributed by atoms with Gasteiger partial charge in [0.2, 0.25) is 0 Å². The molecule has 0 radical (unpaired) electrons. The van der Waals surface area contributed by atoms with Gasteiger partial charge in [-0.2, -0.15) is 0 Å². The molecule has 0 aliphatic heterocycles. The van der Waals surface area contributed by atoms with Gasteiger partial charge in [-0.25, -0.2) is 0 Å². The van der Waals surface area contributed by atoms with E-state index in [0.29, 0.717) is 0 Å². The van der Waals surface area contributed by atoms with Crippen molar-refractivity contribution in [3.8, 4) is 12.3 Å². The molecule has 0 saturated heterocycles. The number of ether oxygens (including phenoxy) is 1. The predicted molar refractivity (Wildman–Crippen MR) is 51.8 cm³/mol. The van der Waals surface area contributed by atoms with Gasteiger partial charge in [-0.3, -0.25) is 0 Å². The molecule has 0 fully saturated rings. The number of nitrogens with two attached hydrogens (primary N) is 1. The summed E-state index contributed by atoms with van der Waals surface area (Å²) < 4.78 is 5.19. The van der Waals surface area contributed by atoms with Crippen molar-refractivity contribution in [2.75, 3.05) is 13.2 Å². The van der Waals surface area contributed by atoms with E-state index in [2.05, 4.69) is 5.92 Å². The summed E-state index contributed by atoms with van der Waals surface area (Å²) in [5.41, 5.74) is 5.79. The van der Waals surface area contributed by atoms with E-state index in [0.717, 1.165) is 38.9 Å². The van der Waals surface area contributed by atoms with E-state index < -0.39 is 0 Å². The lowest BCUT2D eigenvalue weighted by molar-refractivity contribution is 0.141. The Balaban J connectivity index is 3.09. The molecule has 0 aliphatic rings. The summed E-state index contributed by atoms with van der Waals surface area (Å²) in [4.78, 5) is 0. The molecule has 1 atom stereocenters. The zero-order chi connectivity index (χ0) is 9.23. The molecule has 2 nitrogen and oxygen atoms in total. The van der Waals surface area contributed by atoms with Crippen molar-refractivity contribution >= 4 is 0 Å². The Morgan fingerprint density at radius 2 is 2.25 bits per heavy atom. The lowest BCUT2D eigenvalue weighted by Crippen LogP contribution is -2.19. The second-order valence-electron chi connectivity index (χ2n) is 2.84. The number of rotatable bonds is 7. The standard InChI is InChI=1S/C10H19NO/c1-3-5-7-10(11)8-6-9-12-4-2/h1,10H,4-9,11H2,2H3. The van der Waals surface area contributed by atoms with Crippen LogP contribution < -0.4 is 5.73 Å². The van der Waals surface area contributed by atoms with Gasteiger partial charge in [0.25, 0.3) is 0 Å². The van der Waals surface area contributed by atoms with Crippen LogP contribution in [-0.4, -0.2) is 19.3 Å². The van der Waals surface area contributed by atoms with Crippen molar-refractivity contribution in [1.29, 1.82) is 0 Å². The zero-order valence-corrected chi connectivity index (χ0v) is 7.88. The van der Waals surface area contributed by atoms with Crippen LogP contribution in [0.25, 0.3) is 0 Å². The van der Waals surface area contributed by atoms with Gasteiger partial charge in [0.1, 0.15) is 0 Å². The highest BCUT2D eigenvalue weighted by Gasteiger charge is 2.00. The maximum atomic E-state index is 5.79. The van der Waals surface area contributed by atoms with Crippen LogP contribution >= 0.6 is 0 Å². The molecule has 0 aromatic rings. The van der Waals surface area contributed by atoms with E-state index in [1.807, 2.05) is 6.92 Å². The lowest BCUT2D eigenvalue weighted by Gasteiger charge is -2.08. The minimum Gasteiger partial charge on any atom is -0.382 e. The molecule has 12 heavy (non-hydrogen) atoms. The van der Waals surface area contributed by atoms with Gasteiger partial charge in [-0.1, -0.05) is 0 Å². The van der Waals surface area contributed by atoms with Gasteiger partial charge in [-0.15, -0.1) is 12.3 Å². The van der Waals surface area contributed by atoms with Crippen molar-refractivity contribution < 1.29 is 4.74 Å². The van der Waals surface area contributed by atoms with Crippen molar-refractivity contribution in [2.45, 2.75) is 38.6 Å². The first-order chi connectivity index (χ1) is 5.81. The fraction of sp³-hybridized carbons (Fsp3) is 0.800. The van der Waals surface area contributed by atoms with Gasteiger partial charge in [0, 0.05) is 25.7 Å².